The standard InChI is InChI=1S/C14H23NO5/c1-14(2,3)20-13(17)15-10-12(16)19-9-6-11-4-7-18-8-5-11/h6H,4-5,7-10H2,1-3H3,(H,15,17). The third-order valence-electron chi connectivity index (χ3n) is 2.53. The summed E-state index contributed by atoms with van der Waals surface area (Å²) in [5.41, 5.74) is 0.658. The highest BCUT2D eigenvalue weighted by Crippen LogP contribution is 2.12. The van der Waals surface area contributed by atoms with Crippen LogP contribution in [0.15, 0.2) is 11.6 Å². The van der Waals surface area contributed by atoms with Crippen molar-refractivity contribution in [3.05, 3.63) is 11.6 Å². The molecule has 1 aliphatic rings. The molecule has 0 atom stereocenters. The van der Waals surface area contributed by atoms with E-state index in [9.17, 15) is 9.59 Å². The molecule has 1 N–H and O–H groups in total. The number of esters is 1. The molecule has 1 fully saturated rings. The Morgan fingerprint density at radius 3 is 2.55 bits per heavy atom. The van der Waals surface area contributed by atoms with Crippen LogP contribution in [0.2, 0.25) is 0 Å². The first-order valence-corrected chi connectivity index (χ1v) is 6.75. The maximum Gasteiger partial charge on any atom is 0.408 e. The highest BCUT2D eigenvalue weighted by Gasteiger charge is 2.16. The summed E-state index contributed by atoms with van der Waals surface area (Å²) in [5.74, 6) is -0.486. The minimum Gasteiger partial charge on any atom is -0.460 e. The molecular formula is C14H23NO5. The smallest absolute Gasteiger partial charge is 0.408 e. The summed E-state index contributed by atoms with van der Waals surface area (Å²) in [5, 5.41) is 2.35. The van der Waals surface area contributed by atoms with Crippen molar-refractivity contribution >= 4 is 12.1 Å². The van der Waals surface area contributed by atoms with Crippen LogP contribution in [0.1, 0.15) is 33.6 Å². The van der Waals surface area contributed by atoms with Gasteiger partial charge in [-0.3, -0.25) is 4.79 Å². The van der Waals surface area contributed by atoms with Crippen molar-refractivity contribution in [2.75, 3.05) is 26.4 Å². The van der Waals surface area contributed by atoms with Crippen LogP contribution in [0.4, 0.5) is 4.79 Å². The van der Waals surface area contributed by atoms with Crippen LogP contribution >= 0.6 is 0 Å². The highest BCUT2D eigenvalue weighted by atomic mass is 16.6. The van der Waals surface area contributed by atoms with Crippen LogP contribution < -0.4 is 5.32 Å². The van der Waals surface area contributed by atoms with Crippen molar-refractivity contribution in [1.29, 1.82) is 0 Å². The molecule has 1 aliphatic heterocycles. The average Bonchev–Trinajstić information content (AvgIpc) is 2.36. The average molecular weight is 285 g/mol. The van der Waals surface area contributed by atoms with E-state index in [-0.39, 0.29) is 13.2 Å². The minimum atomic E-state index is -0.628. The molecule has 1 heterocycles. The normalized spacial score (nSPS) is 15.4. The summed E-state index contributed by atoms with van der Waals surface area (Å²) >= 11 is 0. The van der Waals surface area contributed by atoms with Gasteiger partial charge in [-0.1, -0.05) is 5.57 Å². The maximum absolute atomic E-state index is 11.4. The summed E-state index contributed by atoms with van der Waals surface area (Å²) in [6.45, 7) is 6.74. The van der Waals surface area contributed by atoms with Gasteiger partial charge in [0.15, 0.2) is 0 Å². The fraction of sp³-hybridized carbons (Fsp3) is 0.714. The van der Waals surface area contributed by atoms with Gasteiger partial charge in [-0.05, 0) is 39.7 Å². The Kier molecular flexibility index (Phi) is 6.51. The molecule has 1 rings (SSSR count). The van der Waals surface area contributed by atoms with Crippen LogP contribution in [0.3, 0.4) is 0 Å². The van der Waals surface area contributed by atoms with Gasteiger partial charge < -0.3 is 19.5 Å². The number of ether oxygens (including phenoxy) is 3. The first-order chi connectivity index (χ1) is 9.37. The molecule has 1 amide bonds. The van der Waals surface area contributed by atoms with Crippen LogP contribution in [0, 0.1) is 0 Å². The molecule has 0 unspecified atom stereocenters. The largest absolute Gasteiger partial charge is 0.460 e. The predicted octanol–water partition coefficient (Wildman–Crippen LogP) is 1.79. The summed E-state index contributed by atoms with van der Waals surface area (Å²) in [4.78, 5) is 22.7. The molecule has 20 heavy (non-hydrogen) atoms. The van der Waals surface area contributed by atoms with Crippen molar-refractivity contribution in [2.24, 2.45) is 0 Å². The molecule has 1 saturated heterocycles. The summed E-state index contributed by atoms with van der Waals surface area (Å²) in [7, 11) is 0. The Bertz CT molecular complexity index is 362. The second kappa shape index (κ2) is 7.89. The van der Waals surface area contributed by atoms with Crippen LogP contribution in [-0.4, -0.2) is 44.0 Å². The first-order valence-electron chi connectivity index (χ1n) is 6.75. The lowest BCUT2D eigenvalue weighted by Gasteiger charge is -2.19. The number of nitrogens with one attached hydrogen (secondary N) is 1. The van der Waals surface area contributed by atoms with Gasteiger partial charge in [0.2, 0.25) is 0 Å². The number of carbonyl (C=O) groups excluding carboxylic acids is 2. The van der Waals surface area contributed by atoms with Crippen molar-refractivity contribution in [1.82, 2.24) is 5.32 Å². The third-order valence-corrected chi connectivity index (χ3v) is 2.53. The maximum atomic E-state index is 11.4. The van der Waals surface area contributed by atoms with Gasteiger partial charge in [0.25, 0.3) is 0 Å². The molecule has 0 saturated carbocycles. The van der Waals surface area contributed by atoms with Crippen molar-refractivity contribution < 1.29 is 23.8 Å². The highest BCUT2D eigenvalue weighted by molar-refractivity contribution is 5.78. The molecule has 0 bridgehead atoms. The van der Waals surface area contributed by atoms with E-state index < -0.39 is 17.7 Å². The van der Waals surface area contributed by atoms with Gasteiger partial charge in [0, 0.05) is 0 Å². The second-order valence-corrected chi connectivity index (χ2v) is 5.51. The van der Waals surface area contributed by atoms with E-state index in [1.165, 1.54) is 5.57 Å². The number of hydrogen-bond acceptors (Lipinski definition) is 5. The van der Waals surface area contributed by atoms with E-state index in [0.29, 0.717) is 0 Å². The van der Waals surface area contributed by atoms with Crippen molar-refractivity contribution in [3.8, 4) is 0 Å². The fourth-order valence-corrected chi connectivity index (χ4v) is 1.60. The van der Waals surface area contributed by atoms with Gasteiger partial charge in [-0.15, -0.1) is 0 Å². The first kappa shape index (κ1) is 16.5. The second-order valence-electron chi connectivity index (χ2n) is 5.51. The minimum absolute atomic E-state index is 0.193. The monoisotopic (exact) mass is 285 g/mol. The SMILES string of the molecule is CC(C)(C)OC(=O)NCC(=O)OCC=C1CCOCC1. The molecule has 0 aromatic heterocycles. The molecule has 6 nitrogen and oxygen atoms in total. The third kappa shape index (κ3) is 7.78. The van der Waals surface area contributed by atoms with E-state index in [4.69, 9.17) is 14.2 Å². The van der Waals surface area contributed by atoms with E-state index >= 15 is 0 Å². The summed E-state index contributed by atoms with van der Waals surface area (Å²) in [6, 6.07) is 0. The Labute approximate surface area is 119 Å². The van der Waals surface area contributed by atoms with Crippen LogP contribution in [-0.2, 0) is 19.0 Å². The van der Waals surface area contributed by atoms with E-state index in [1.807, 2.05) is 6.08 Å². The summed E-state index contributed by atoms with van der Waals surface area (Å²) in [6.07, 6.45) is 3.03. The lowest BCUT2D eigenvalue weighted by molar-refractivity contribution is -0.141. The summed E-state index contributed by atoms with van der Waals surface area (Å²) < 4.78 is 15.2. The van der Waals surface area contributed by atoms with E-state index in [2.05, 4.69) is 5.32 Å². The lowest BCUT2D eigenvalue weighted by Crippen LogP contribution is -2.36. The quantitative estimate of drug-likeness (QED) is 0.629. The van der Waals surface area contributed by atoms with Crippen molar-refractivity contribution in [3.63, 3.8) is 0 Å². The zero-order valence-corrected chi connectivity index (χ0v) is 12.4. The van der Waals surface area contributed by atoms with Gasteiger partial charge in [-0.2, -0.15) is 0 Å². The predicted molar refractivity (Wildman–Crippen MR) is 73.3 cm³/mol. The van der Waals surface area contributed by atoms with Crippen LogP contribution in [0.5, 0.6) is 0 Å². The Morgan fingerprint density at radius 1 is 1.30 bits per heavy atom. The van der Waals surface area contributed by atoms with E-state index in [1.54, 1.807) is 20.8 Å². The number of rotatable bonds is 4. The topological polar surface area (TPSA) is 73.9 Å². The number of alkyl carbamates (subject to hydrolysis) is 1. The van der Waals surface area contributed by atoms with Crippen molar-refractivity contribution in [2.45, 2.75) is 39.2 Å². The number of hydrogen-bond donors (Lipinski definition) is 1. The van der Waals surface area contributed by atoms with Gasteiger partial charge >= 0.3 is 12.1 Å². The molecule has 0 aromatic carbocycles. The zero-order chi connectivity index (χ0) is 15.0. The molecule has 0 aromatic rings. The zero-order valence-electron chi connectivity index (χ0n) is 12.4. The van der Waals surface area contributed by atoms with Gasteiger partial charge in [0.1, 0.15) is 18.8 Å². The lowest BCUT2D eigenvalue weighted by atomic mass is 10.1. The van der Waals surface area contributed by atoms with Gasteiger partial charge in [0.05, 0.1) is 13.2 Å². The molecule has 114 valence electrons. The number of amides is 1. The molecular weight excluding hydrogens is 262 g/mol. The Hall–Kier alpha value is -1.56. The number of carbonyl (C=O) groups is 2. The molecule has 0 radical (unpaired) electrons. The molecule has 0 aliphatic carbocycles. The van der Waals surface area contributed by atoms with E-state index in [0.717, 1.165) is 26.1 Å². The fourth-order valence-electron chi connectivity index (χ4n) is 1.60. The van der Waals surface area contributed by atoms with Gasteiger partial charge in [-0.25, -0.2) is 4.79 Å². The Morgan fingerprint density at radius 2 is 1.95 bits per heavy atom. The van der Waals surface area contributed by atoms with Crippen LogP contribution in [0.25, 0.3) is 0 Å². The molecule has 0 spiro atoms. The Balaban J connectivity index is 2.15. The molecule has 6 heteroatoms.